The molecular formula is C20H19ClN6O4. The molecule has 2 aliphatic rings. The summed E-state index contributed by atoms with van der Waals surface area (Å²) in [5.41, 5.74) is 2.04. The van der Waals surface area contributed by atoms with Crippen molar-refractivity contribution in [3.63, 3.8) is 0 Å². The number of aromatic nitrogens is 2. The van der Waals surface area contributed by atoms with Gasteiger partial charge in [-0.1, -0.05) is 11.6 Å². The fraction of sp³-hybridized carbons (Fsp3) is 0.300. The summed E-state index contributed by atoms with van der Waals surface area (Å²) in [6.45, 7) is 3.48. The first kappa shape index (κ1) is 19.6. The summed E-state index contributed by atoms with van der Waals surface area (Å²) in [5, 5.41) is 19.4. The van der Waals surface area contributed by atoms with Gasteiger partial charge in [-0.25, -0.2) is 9.97 Å². The Labute approximate surface area is 182 Å². The number of nitrogens with one attached hydrogen (secondary N) is 2. The molecule has 2 N–H and O–H groups in total. The number of hydrogen-bond donors (Lipinski definition) is 2. The number of halogens is 1. The molecular weight excluding hydrogens is 424 g/mol. The van der Waals surface area contributed by atoms with Crippen LogP contribution in [0.3, 0.4) is 0 Å². The summed E-state index contributed by atoms with van der Waals surface area (Å²) in [5.74, 6) is 1.73. The third-order valence-corrected chi connectivity index (χ3v) is 5.73. The molecule has 3 heterocycles. The van der Waals surface area contributed by atoms with Gasteiger partial charge in [-0.05, 0) is 17.7 Å². The van der Waals surface area contributed by atoms with Crippen LogP contribution in [0.1, 0.15) is 5.56 Å². The van der Waals surface area contributed by atoms with Crippen molar-refractivity contribution >= 4 is 39.7 Å². The van der Waals surface area contributed by atoms with Crippen molar-refractivity contribution in [1.29, 1.82) is 0 Å². The van der Waals surface area contributed by atoms with Gasteiger partial charge in [0.15, 0.2) is 11.5 Å². The molecule has 0 amide bonds. The minimum Gasteiger partial charge on any atom is -0.454 e. The van der Waals surface area contributed by atoms with Crippen molar-refractivity contribution in [3.05, 3.63) is 51.3 Å². The zero-order valence-corrected chi connectivity index (χ0v) is 17.2. The number of nitrogens with zero attached hydrogens (tertiary/aromatic N) is 4. The normalized spacial score (nSPS) is 15.3. The molecule has 0 unspecified atom stereocenters. The first-order chi connectivity index (χ1) is 15.1. The standard InChI is InChI=1S/C20H19ClN6O4/c21-14-7-19-18(30-11-31-19)5-12(14)9-23-20-13-6-17(27(28)29)16(8-15(13)24-10-25-20)26-3-1-22-2-4-26/h5-8,10,22H,1-4,9,11H2,(H,23,24,25). The van der Waals surface area contributed by atoms with Gasteiger partial charge in [0.05, 0.1) is 10.4 Å². The molecule has 1 aromatic heterocycles. The third kappa shape index (κ3) is 3.75. The highest BCUT2D eigenvalue weighted by atomic mass is 35.5. The Balaban J connectivity index is 1.48. The average Bonchev–Trinajstić information content (AvgIpc) is 3.24. The van der Waals surface area contributed by atoms with Gasteiger partial charge in [-0.15, -0.1) is 0 Å². The minimum atomic E-state index is -0.359. The van der Waals surface area contributed by atoms with E-state index in [2.05, 4.69) is 20.6 Å². The highest BCUT2D eigenvalue weighted by Crippen LogP contribution is 2.38. The molecule has 2 aliphatic heterocycles. The van der Waals surface area contributed by atoms with Crippen LogP contribution in [0.2, 0.25) is 5.02 Å². The number of hydrogen-bond acceptors (Lipinski definition) is 9. The lowest BCUT2D eigenvalue weighted by molar-refractivity contribution is -0.384. The molecule has 0 radical (unpaired) electrons. The number of fused-ring (bicyclic) bond motifs is 2. The number of anilines is 2. The van der Waals surface area contributed by atoms with Gasteiger partial charge >= 0.3 is 0 Å². The van der Waals surface area contributed by atoms with Crippen LogP contribution in [0.5, 0.6) is 11.5 Å². The quantitative estimate of drug-likeness (QED) is 0.454. The zero-order valence-electron chi connectivity index (χ0n) is 16.4. The maximum Gasteiger partial charge on any atom is 0.293 e. The third-order valence-electron chi connectivity index (χ3n) is 5.37. The molecule has 3 aromatic rings. The Morgan fingerprint density at radius 3 is 2.71 bits per heavy atom. The van der Waals surface area contributed by atoms with Crippen LogP contribution in [0.25, 0.3) is 10.9 Å². The molecule has 0 bridgehead atoms. The second-order valence-electron chi connectivity index (χ2n) is 7.22. The number of ether oxygens (including phenoxy) is 2. The molecule has 2 aromatic carbocycles. The SMILES string of the molecule is O=[N+]([O-])c1cc2c(NCc3cc4c(cc3Cl)OCO4)ncnc2cc1N1CCNCC1. The molecule has 160 valence electrons. The molecule has 0 saturated carbocycles. The first-order valence-corrected chi connectivity index (χ1v) is 10.2. The van der Waals surface area contributed by atoms with E-state index in [1.54, 1.807) is 12.1 Å². The van der Waals surface area contributed by atoms with E-state index in [0.717, 1.165) is 18.7 Å². The molecule has 1 saturated heterocycles. The van der Waals surface area contributed by atoms with Crippen molar-refractivity contribution in [3.8, 4) is 11.5 Å². The lowest BCUT2D eigenvalue weighted by Gasteiger charge is -2.29. The smallest absolute Gasteiger partial charge is 0.293 e. The second kappa shape index (κ2) is 8.05. The molecule has 31 heavy (non-hydrogen) atoms. The van der Waals surface area contributed by atoms with Crippen LogP contribution in [0.4, 0.5) is 17.2 Å². The van der Waals surface area contributed by atoms with Crippen molar-refractivity contribution in [2.75, 3.05) is 43.2 Å². The fourth-order valence-corrected chi connectivity index (χ4v) is 4.02. The van der Waals surface area contributed by atoms with Gasteiger partial charge in [-0.2, -0.15) is 0 Å². The van der Waals surface area contributed by atoms with Crippen LogP contribution in [-0.2, 0) is 6.54 Å². The first-order valence-electron chi connectivity index (χ1n) is 9.81. The van der Waals surface area contributed by atoms with E-state index < -0.39 is 0 Å². The number of nitro benzene ring substituents is 1. The average molecular weight is 443 g/mol. The minimum absolute atomic E-state index is 0.0355. The van der Waals surface area contributed by atoms with Crippen LogP contribution >= 0.6 is 11.6 Å². The molecule has 11 heteroatoms. The van der Waals surface area contributed by atoms with Gasteiger partial charge in [0.2, 0.25) is 6.79 Å². The van der Waals surface area contributed by atoms with Crippen LogP contribution in [0, 0.1) is 10.1 Å². The maximum atomic E-state index is 11.8. The van der Waals surface area contributed by atoms with Crippen LogP contribution in [0.15, 0.2) is 30.6 Å². The maximum absolute atomic E-state index is 11.8. The Hall–Kier alpha value is -3.37. The molecule has 1 fully saturated rings. The summed E-state index contributed by atoms with van der Waals surface area (Å²) in [4.78, 5) is 22.1. The van der Waals surface area contributed by atoms with Crippen molar-refractivity contribution in [2.24, 2.45) is 0 Å². The van der Waals surface area contributed by atoms with E-state index in [1.807, 2.05) is 11.0 Å². The topological polar surface area (TPSA) is 115 Å². The second-order valence-corrected chi connectivity index (χ2v) is 7.63. The Morgan fingerprint density at radius 2 is 1.94 bits per heavy atom. The lowest BCUT2D eigenvalue weighted by Crippen LogP contribution is -2.43. The van der Waals surface area contributed by atoms with Crippen LogP contribution in [-0.4, -0.2) is 47.9 Å². The lowest BCUT2D eigenvalue weighted by atomic mass is 10.1. The number of piperazine rings is 1. The summed E-state index contributed by atoms with van der Waals surface area (Å²) < 4.78 is 10.7. The predicted octanol–water partition coefficient (Wildman–Crippen LogP) is 2.94. The monoisotopic (exact) mass is 442 g/mol. The molecule has 0 atom stereocenters. The number of nitro groups is 1. The van der Waals surface area contributed by atoms with Gasteiger partial charge < -0.3 is 25.0 Å². The van der Waals surface area contributed by atoms with Crippen molar-refractivity contribution < 1.29 is 14.4 Å². The summed E-state index contributed by atoms with van der Waals surface area (Å²) in [6.07, 6.45) is 1.44. The van der Waals surface area contributed by atoms with Gasteiger partial charge in [0, 0.05) is 55.3 Å². The van der Waals surface area contributed by atoms with Crippen LogP contribution < -0.4 is 25.0 Å². The predicted molar refractivity (Wildman–Crippen MR) is 116 cm³/mol. The molecule has 10 nitrogen and oxygen atoms in total. The fourth-order valence-electron chi connectivity index (χ4n) is 3.80. The zero-order chi connectivity index (χ0) is 21.4. The van der Waals surface area contributed by atoms with E-state index in [-0.39, 0.29) is 17.4 Å². The van der Waals surface area contributed by atoms with E-state index in [1.165, 1.54) is 12.4 Å². The summed E-state index contributed by atoms with van der Waals surface area (Å²) in [6, 6.07) is 6.82. The van der Waals surface area contributed by atoms with Gasteiger partial charge in [-0.3, -0.25) is 10.1 Å². The highest BCUT2D eigenvalue weighted by molar-refractivity contribution is 6.31. The van der Waals surface area contributed by atoms with E-state index >= 15 is 0 Å². The Morgan fingerprint density at radius 1 is 1.16 bits per heavy atom. The van der Waals surface area contributed by atoms with E-state index in [0.29, 0.717) is 58.6 Å². The molecule has 5 rings (SSSR count). The van der Waals surface area contributed by atoms with Gasteiger partial charge in [0.25, 0.3) is 5.69 Å². The Kier molecular flexibility index (Phi) is 5.08. The van der Waals surface area contributed by atoms with Gasteiger partial charge in [0.1, 0.15) is 17.8 Å². The molecule has 0 spiro atoms. The summed E-state index contributed by atoms with van der Waals surface area (Å²) >= 11 is 6.36. The molecule has 0 aliphatic carbocycles. The largest absolute Gasteiger partial charge is 0.454 e. The van der Waals surface area contributed by atoms with E-state index in [9.17, 15) is 10.1 Å². The number of benzene rings is 2. The highest BCUT2D eigenvalue weighted by Gasteiger charge is 2.24. The Bertz CT molecular complexity index is 1170. The van der Waals surface area contributed by atoms with E-state index in [4.69, 9.17) is 21.1 Å². The number of rotatable bonds is 5. The van der Waals surface area contributed by atoms with Crippen molar-refractivity contribution in [1.82, 2.24) is 15.3 Å². The summed E-state index contributed by atoms with van der Waals surface area (Å²) in [7, 11) is 0. The van der Waals surface area contributed by atoms with Crippen molar-refractivity contribution in [2.45, 2.75) is 6.54 Å².